The van der Waals surface area contributed by atoms with Crippen molar-refractivity contribution >= 4 is 17.0 Å². The highest BCUT2D eigenvalue weighted by Crippen LogP contribution is 2.23. The summed E-state index contributed by atoms with van der Waals surface area (Å²) in [5, 5.41) is 7.89. The standard InChI is InChI=1S/C16H28N5.ClH/c1-12(2)21(5,13(3)4)11-9-18-16-15(17)14-8-6-7-10-20(14)19-16;/h6-8,10,12-13H,9,11,17H2,1-5H3,(H,18,19);1H/q+1;/p-1. The average Bonchev–Trinajstić information content (AvgIpc) is 2.75. The van der Waals surface area contributed by atoms with Crippen molar-refractivity contribution in [1.29, 1.82) is 0 Å². The number of nitrogens with zero attached hydrogens (tertiary/aromatic N) is 3. The maximum absolute atomic E-state index is 6.16. The van der Waals surface area contributed by atoms with Gasteiger partial charge in [0.15, 0.2) is 5.82 Å². The van der Waals surface area contributed by atoms with Gasteiger partial charge in [0.05, 0.1) is 37.7 Å². The Bertz CT molecular complexity index is 598. The van der Waals surface area contributed by atoms with Gasteiger partial charge in [-0.25, -0.2) is 4.52 Å². The van der Waals surface area contributed by atoms with Crippen LogP contribution in [0.25, 0.3) is 5.52 Å². The molecule has 5 nitrogen and oxygen atoms in total. The van der Waals surface area contributed by atoms with Crippen LogP contribution in [0.3, 0.4) is 0 Å². The predicted octanol–water partition coefficient (Wildman–Crippen LogP) is -0.404. The Labute approximate surface area is 139 Å². The molecule has 22 heavy (non-hydrogen) atoms. The van der Waals surface area contributed by atoms with Crippen LogP contribution < -0.4 is 23.5 Å². The Balaban J connectivity index is 0.00000242. The number of nitrogens with one attached hydrogen (secondary N) is 1. The van der Waals surface area contributed by atoms with Crippen LogP contribution in [0.2, 0.25) is 0 Å². The van der Waals surface area contributed by atoms with E-state index in [0.717, 1.165) is 34.6 Å². The number of hydrogen-bond donors (Lipinski definition) is 2. The molecule has 0 atom stereocenters. The number of pyridine rings is 1. The first kappa shape index (κ1) is 18.6. The molecule has 0 unspecified atom stereocenters. The Kier molecular flexibility index (Phi) is 6.08. The first-order valence-electron chi connectivity index (χ1n) is 7.68. The second-order valence-electron chi connectivity index (χ2n) is 6.48. The zero-order valence-corrected chi connectivity index (χ0v) is 14.9. The number of halogens is 1. The minimum atomic E-state index is 0. The highest BCUT2D eigenvalue weighted by Gasteiger charge is 2.29. The molecule has 0 aliphatic heterocycles. The van der Waals surface area contributed by atoms with E-state index in [0.29, 0.717) is 12.1 Å². The van der Waals surface area contributed by atoms with E-state index >= 15 is 0 Å². The maximum Gasteiger partial charge on any atom is 0.172 e. The molecule has 0 spiro atoms. The normalized spacial score (nSPS) is 12.0. The van der Waals surface area contributed by atoms with Crippen LogP contribution in [0.4, 0.5) is 11.5 Å². The summed E-state index contributed by atoms with van der Waals surface area (Å²) >= 11 is 0. The fourth-order valence-electron chi connectivity index (χ4n) is 2.68. The van der Waals surface area contributed by atoms with E-state index in [4.69, 9.17) is 5.73 Å². The van der Waals surface area contributed by atoms with Crippen molar-refractivity contribution in [2.75, 3.05) is 31.2 Å². The Morgan fingerprint density at radius 2 is 1.86 bits per heavy atom. The Morgan fingerprint density at radius 3 is 2.41 bits per heavy atom. The van der Waals surface area contributed by atoms with E-state index in [2.05, 4.69) is 45.2 Å². The number of hydrogen-bond acceptors (Lipinski definition) is 3. The van der Waals surface area contributed by atoms with E-state index in [1.54, 1.807) is 0 Å². The van der Waals surface area contributed by atoms with Crippen molar-refractivity contribution in [3.63, 3.8) is 0 Å². The van der Waals surface area contributed by atoms with Gasteiger partial charge in [-0.15, -0.1) is 5.10 Å². The number of quaternary nitrogens is 1. The molecule has 0 aliphatic rings. The molecule has 2 aromatic rings. The van der Waals surface area contributed by atoms with Gasteiger partial charge < -0.3 is 27.9 Å². The van der Waals surface area contributed by atoms with Crippen LogP contribution in [0.5, 0.6) is 0 Å². The topological polar surface area (TPSA) is 55.4 Å². The first-order chi connectivity index (χ1) is 9.86. The lowest BCUT2D eigenvalue weighted by Crippen LogP contribution is -3.00. The van der Waals surface area contributed by atoms with Gasteiger partial charge in [-0.3, -0.25) is 0 Å². The quantitative estimate of drug-likeness (QED) is 0.710. The third-order valence-electron chi connectivity index (χ3n) is 4.82. The number of rotatable bonds is 6. The zero-order chi connectivity index (χ0) is 15.6. The van der Waals surface area contributed by atoms with Crippen LogP contribution in [0.1, 0.15) is 27.7 Å². The molecule has 2 heterocycles. The number of fused-ring (bicyclic) bond motifs is 1. The van der Waals surface area contributed by atoms with E-state index in [9.17, 15) is 0 Å². The monoisotopic (exact) mass is 325 g/mol. The van der Waals surface area contributed by atoms with Gasteiger partial charge in [0.1, 0.15) is 5.69 Å². The van der Waals surface area contributed by atoms with Crippen molar-refractivity contribution in [2.45, 2.75) is 39.8 Å². The van der Waals surface area contributed by atoms with Gasteiger partial charge in [0.2, 0.25) is 0 Å². The summed E-state index contributed by atoms with van der Waals surface area (Å²) in [5.41, 5.74) is 7.83. The lowest BCUT2D eigenvalue weighted by molar-refractivity contribution is -0.947. The van der Waals surface area contributed by atoms with Gasteiger partial charge >= 0.3 is 0 Å². The minimum absolute atomic E-state index is 0. The highest BCUT2D eigenvalue weighted by molar-refractivity contribution is 5.80. The minimum Gasteiger partial charge on any atom is -1.00 e. The predicted molar refractivity (Wildman–Crippen MR) is 89.4 cm³/mol. The Hall–Kier alpha value is -1.46. The number of nitrogen functional groups attached to an aromatic ring is 1. The average molecular weight is 326 g/mol. The van der Waals surface area contributed by atoms with Crippen molar-refractivity contribution in [2.24, 2.45) is 0 Å². The molecule has 6 heteroatoms. The van der Waals surface area contributed by atoms with Gasteiger partial charge in [-0.05, 0) is 39.8 Å². The first-order valence-corrected chi connectivity index (χ1v) is 7.68. The number of anilines is 2. The molecule has 0 radical (unpaired) electrons. The number of nitrogens with two attached hydrogens (primary N) is 1. The fourth-order valence-corrected chi connectivity index (χ4v) is 2.68. The molecule has 0 saturated heterocycles. The van der Waals surface area contributed by atoms with Crippen LogP contribution in [0, 0.1) is 0 Å². The van der Waals surface area contributed by atoms with Gasteiger partial charge in [-0.2, -0.15) is 0 Å². The Morgan fingerprint density at radius 1 is 1.23 bits per heavy atom. The van der Waals surface area contributed by atoms with Crippen LogP contribution in [-0.4, -0.2) is 46.3 Å². The SMILES string of the molecule is CC(C)[N+](C)(CCNc1nn2ccccc2c1N)C(C)C.[Cl-]. The highest BCUT2D eigenvalue weighted by atomic mass is 35.5. The summed E-state index contributed by atoms with van der Waals surface area (Å²) in [6.07, 6.45) is 1.92. The summed E-state index contributed by atoms with van der Waals surface area (Å²) in [4.78, 5) is 0. The van der Waals surface area contributed by atoms with E-state index in [-0.39, 0.29) is 12.4 Å². The van der Waals surface area contributed by atoms with E-state index < -0.39 is 0 Å². The molecule has 0 bridgehead atoms. The molecule has 124 valence electrons. The number of likely N-dealkylation sites (N-methyl/N-ethyl adjacent to an activating group) is 1. The smallest absolute Gasteiger partial charge is 0.172 e. The van der Waals surface area contributed by atoms with E-state index in [1.807, 2.05) is 28.9 Å². The maximum atomic E-state index is 6.16. The van der Waals surface area contributed by atoms with Crippen LogP contribution in [0.15, 0.2) is 24.4 Å². The number of aromatic nitrogens is 2. The molecular weight excluding hydrogens is 298 g/mol. The summed E-state index contributed by atoms with van der Waals surface area (Å²) in [5.74, 6) is 0.778. The molecular formula is C16H28ClN5. The van der Waals surface area contributed by atoms with Crippen LogP contribution >= 0.6 is 0 Å². The van der Waals surface area contributed by atoms with Crippen molar-refractivity contribution in [1.82, 2.24) is 9.61 Å². The van der Waals surface area contributed by atoms with Crippen LogP contribution in [-0.2, 0) is 0 Å². The lowest BCUT2D eigenvalue weighted by Gasteiger charge is -2.42. The van der Waals surface area contributed by atoms with Crippen molar-refractivity contribution in [3.05, 3.63) is 24.4 Å². The van der Waals surface area contributed by atoms with Gasteiger partial charge in [0.25, 0.3) is 0 Å². The molecule has 0 amide bonds. The summed E-state index contributed by atoms with van der Waals surface area (Å²) < 4.78 is 2.84. The fraction of sp³-hybridized carbons (Fsp3) is 0.562. The lowest BCUT2D eigenvalue weighted by atomic mass is 10.1. The summed E-state index contributed by atoms with van der Waals surface area (Å²) in [6.45, 7) is 11.0. The molecule has 0 aliphatic carbocycles. The second-order valence-corrected chi connectivity index (χ2v) is 6.48. The molecule has 0 aromatic carbocycles. The van der Waals surface area contributed by atoms with Gasteiger partial charge in [-0.1, -0.05) is 6.07 Å². The molecule has 0 fully saturated rings. The third-order valence-corrected chi connectivity index (χ3v) is 4.82. The molecule has 2 aromatic heterocycles. The van der Waals surface area contributed by atoms with E-state index in [1.165, 1.54) is 0 Å². The molecule has 0 saturated carbocycles. The second kappa shape index (κ2) is 7.20. The van der Waals surface area contributed by atoms with Crippen molar-refractivity contribution < 1.29 is 16.9 Å². The third kappa shape index (κ3) is 3.47. The zero-order valence-electron chi connectivity index (χ0n) is 14.2. The van der Waals surface area contributed by atoms with Crippen molar-refractivity contribution in [3.8, 4) is 0 Å². The molecule has 3 N–H and O–H groups in total. The largest absolute Gasteiger partial charge is 1.00 e. The van der Waals surface area contributed by atoms with Gasteiger partial charge in [0, 0.05) is 6.20 Å². The summed E-state index contributed by atoms with van der Waals surface area (Å²) in [7, 11) is 2.31. The summed E-state index contributed by atoms with van der Waals surface area (Å²) in [6, 6.07) is 7.09. The molecule has 2 rings (SSSR count).